The lowest BCUT2D eigenvalue weighted by molar-refractivity contribution is -0.141. The number of hydrogen-bond donors (Lipinski definition) is 1. The van der Waals surface area contributed by atoms with Crippen LogP contribution in [0.2, 0.25) is 0 Å². The summed E-state index contributed by atoms with van der Waals surface area (Å²) in [5.74, 6) is -0.838. The standard InChI is InChI=1S/C13H22N2O3/c1-9(2)14-4-3-10(6-14)7-15-8-11(13(17)18)5-12(15)16/h9-11H,3-8H2,1-2H3,(H,17,18). The van der Waals surface area contributed by atoms with Gasteiger partial charge in [-0.2, -0.15) is 0 Å². The molecule has 2 saturated heterocycles. The molecule has 2 atom stereocenters. The van der Waals surface area contributed by atoms with Gasteiger partial charge in [-0.1, -0.05) is 0 Å². The van der Waals surface area contributed by atoms with Gasteiger partial charge in [-0.25, -0.2) is 0 Å². The smallest absolute Gasteiger partial charge is 0.308 e. The van der Waals surface area contributed by atoms with Crippen LogP contribution in [0.1, 0.15) is 26.7 Å². The highest BCUT2D eigenvalue weighted by molar-refractivity contribution is 5.86. The highest BCUT2D eigenvalue weighted by Gasteiger charge is 2.36. The fourth-order valence-corrected chi connectivity index (χ4v) is 2.91. The largest absolute Gasteiger partial charge is 0.481 e. The number of nitrogens with zero attached hydrogens (tertiary/aromatic N) is 2. The summed E-state index contributed by atoms with van der Waals surface area (Å²) < 4.78 is 0. The van der Waals surface area contributed by atoms with Gasteiger partial charge in [0.2, 0.25) is 5.91 Å². The zero-order valence-corrected chi connectivity index (χ0v) is 11.1. The number of amides is 1. The zero-order valence-electron chi connectivity index (χ0n) is 11.1. The summed E-state index contributed by atoms with van der Waals surface area (Å²) in [5.41, 5.74) is 0. The lowest BCUT2D eigenvalue weighted by Crippen LogP contribution is -2.34. The van der Waals surface area contributed by atoms with Gasteiger partial charge in [0.25, 0.3) is 0 Å². The molecule has 2 aliphatic heterocycles. The second kappa shape index (κ2) is 5.26. The fraction of sp³-hybridized carbons (Fsp3) is 0.846. The molecule has 2 rings (SSSR count). The van der Waals surface area contributed by atoms with Crippen molar-refractivity contribution >= 4 is 11.9 Å². The van der Waals surface area contributed by atoms with E-state index in [1.807, 2.05) is 0 Å². The molecular formula is C13H22N2O3. The van der Waals surface area contributed by atoms with Crippen LogP contribution in [0.25, 0.3) is 0 Å². The van der Waals surface area contributed by atoms with Crippen molar-refractivity contribution in [2.45, 2.75) is 32.7 Å². The van der Waals surface area contributed by atoms with Crippen molar-refractivity contribution in [3.63, 3.8) is 0 Å². The van der Waals surface area contributed by atoms with E-state index in [2.05, 4.69) is 18.7 Å². The maximum atomic E-state index is 11.7. The minimum atomic E-state index is -0.846. The van der Waals surface area contributed by atoms with Crippen LogP contribution in [0.5, 0.6) is 0 Å². The van der Waals surface area contributed by atoms with E-state index in [0.29, 0.717) is 18.5 Å². The first-order valence-electron chi connectivity index (χ1n) is 6.72. The van der Waals surface area contributed by atoms with Gasteiger partial charge in [0, 0.05) is 32.1 Å². The topological polar surface area (TPSA) is 60.9 Å². The Morgan fingerprint density at radius 3 is 2.67 bits per heavy atom. The summed E-state index contributed by atoms with van der Waals surface area (Å²) in [7, 11) is 0. The predicted molar refractivity (Wildman–Crippen MR) is 67.1 cm³/mol. The molecule has 2 unspecified atom stereocenters. The van der Waals surface area contributed by atoms with Crippen LogP contribution < -0.4 is 0 Å². The lowest BCUT2D eigenvalue weighted by atomic mass is 10.1. The molecular weight excluding hydrogens is 232 g/mol. The van der Waals surface area contributed by atoms with Crippen LogP contribution in [0.3, 0.4) is 0 Å². The maximum absolute atomic E-state index is 11.7. The van der Waals surface area contributed by atoms with Crippen molar-refractivity contribution in [2.24, 2.45) is 11.8 Å². The molecule has 1 N–H and O–H groups in total. The Morgan fingerprint density at radius 2 is 2.17 bits per heavy atom. The van der Waals surface area contributed by atoms with E-state index >= 15 is 0 Å². The van der Waals surface area contributed by atoms with Gasteiger partial charge >= 0.3 is 5.97 Å². The average Bonchev–Trinajstić information content (AvgIpc) is 2.87. The normalized spacial score (nSPS) is 29.5. The Labute approximate surface area is 108 Å². The summed E-state index contributed by atoms with van der Waals surface area (Å²) in [6, 6.07) is 0.552. The van der Waals surface area contributed by atoms with Crippen molar-refractivity contribution in [2.75, 3.05) is 26.2 Å². The third-order valence-electron chi connectivity index (χ3n) is 4.09. The highest BCUT2D eigenvalue weighted by atomic mass is 16.4. The SMILES string of the molecule is CC(C)N1CCC(CN2CC(C(=O)O)CC2=O)C1. The molecule has 0 aliphatic carbocycles. The molecule has 2 aliphatic rings. The molecule has 0 saturated carbocycles. The van der Waals surface area contributed by atoms with E-state index in [4.69, 9.17) is 5.11 Å². The first kappa shape index (κ1) is 13.3. The second-order valence-electron chi connectivity index (χ2n) is 5.78. The summed E-state index contributed by atoms with van der Waals surface area (Å²) >= 11 is 0. The van der Waals surface area contributed by atoms with Crippen molar-refractivity contribution in [1.82, 2.24) is 9.80 Å². The Hall–Kier alpha value is -1.10. The number of carboxylic acids is 1. The quantitative estimate of drug-likeness (QED) is 0.800. The van der Waals surface area contributed by atoms with Gasteiger partial charge in [0.05, 0.1) is 5.92 Å². The van der Waals surface area contributed by atoms with Crippen molar-refractivity contribution < 1.29 is 14.7 Å². The Morgan fingerprint density at radius 1 is 1.44 bits per heavy atom. The number of carboxylic acid groups (broad SMARTS) is 1. The molecule has 0 aromatic heterocycles. The Kier molecular flexibility index (Phi) is 3.90. The van der Waals surface area contributed by atoms with E-state index in [1.54, 1.807) is 4.90 Å². The van der Waals surface area contributed by atoms with Gasteiger partial charge in [0.1, 0.15) is 0 Å². The van der Waals surface area contributed by atoms with Gasteiger partial charge in [-0.05, 0) is 32.7 Å². The molecule has 102 valence electrons. The first-order chi connectivity index (χ1) is 8.47. The van der Waals surface area contributed by atoms with Crippen molar-refractivity contribution in [3.05, 3.63) is 0 Å². The summed E-state index contributed by atoms with van der Waals surface area (Å²) in [6.07, 6.45) is 1.29. The number of rotatable bonds is 4. The Balaban J connectivity index is 1.84. The van der Waals surface area contributed by atoms with Crippen molar-refractivity contribution in [1.29, 1.82) is 0 Å². The van der Waals surface area contributed by atoms with Crippen LogP contribution in [-0.2, 0) is 9.59 Å². The van der Waals surface area contributed by atoms with E-state index in [0.717, 1.165) is 26.1 Å². The lowest BCUT2D eigenvalue weighted by Gasteiger charge is -2.23. The van der Waals surface area contributed by atoms with Crippen molar-refractivity contribution in [3.8, 4) is 0 Å². The van der Waals surface area contributed by atoms with Crippen LogP contribution in [-0.4, -0.2) is 59.0 Å². The van der Waals surface area contributed by atoms with Gasteiger partial charge < -0.3 is 14.9 Å². The first-order valence-corrected chi connectivity index (χ1v) is 6.72. The second-order valence-corrected chi connectivity index (χ2v) is 5.78. The van der Waals surface area contributed by atoms with Gasteiger partial charge in [0.15, 0.2) is 0 Å². The maximum Gasteiger partial charge on any atom is 0.308 e. The van der Waals surface area contributed by atoms with E-state index in [9.17, 15) is 9.59 Å². The molecule has 0 spiro atoms. The fourth-order valence-electron chi connectivity index (χ4n) is 2.91. The molecule has 5 nitrogen and oxygen atoms in total. The molecule has 2 fully saturated rings. The number of carbonyl (C=O) groups excluding carboxylic acids is 1. The van der Waals surface area contributed by atoms with E-state index in [1.165, 1.54) is 0 Å². The molecule has 0 bridgehead atoms. The van der Waals surface area contributed by atoms with Crippen LogP contribution in [0.4, 0.5) is 0 Å². The average molecular weight is 254 g/mol. The number of carbonyl (C=O) groups is 2. The van der Waals surface area contributed by atoms with Crippen LogP contribution >= 0.6 is 0 Å². The van der Waals surface area contributed by atoms with Gasteiger partial charge in [-0.15, -0.1) is 0 Å². The minimum absolute atomic E-state index is 0.00500. The predicted octanol–water partition coefficient (Wildman–Crippen LogP) is 0.650. The van der Waals surface area contributed by atoms with E-state index in [-0.39, 0.29) is 12.3 Å². The molecule has 2 heterocycles. The molecule has 5 heteroatoms. The van der Waals surface area contributed by atoms with Crippen LogP contribution in [0.15, 0.2) is 0 Å². The van der Waals surface area contributed by atoms with Gasteiger partial charge in [-0.3, -0.25) is 9.59 Å². The summed E-state index contributed by atoms with van der Waals surface area (Å²) in [4.78, 5) is 26.8. The minimum Gasteiger partial charge on any atom is -0.481 e. The molecule has 0 aromatic carbocycles. The third-order valence-corrected chi connectivity index (χ3v) is 4.09. The molecule has 18 heavy (non-hydrogen) atoms. The highest BCUT2D eigenvalue weighted by Crippen LogP contribution is 2.24. The Bertz CT molecular complexity index is 343. The zero-order chi connectivity index (χ0) is 13.3. The molecule has 0 radical (unpaired) electrons. The number of likely N-dealkylation sites (tertiary alicyclic amines) is 2. The van der Waals surface area contributed by atoms with Crippen LogP contribution in [0, 0.1) is 11.8 Å². The number of aliphatic carboxylic acids is 1. The molecule has 1 amide bonds. The third kappa shape index (κ3) is 2.83. The summed E-state index contributed by atoms with van der Waals surface area (Å²) in [6.45, 7) is 7.61. The number of hydrogen-bond acceptors (Lipinski definition) is 3. The molecule has 0 aromatic rings. The summed E-state index contributed by atoms with van der Waals surface area (Å²) in [5, 5.41) is 8.94. The van der Waals surface area contributed by atoms with E-state index < -0.39 is 11.9 Å². The monoisotopic (exact) mass is 254 g/mol.